The van der Waals surface area contributed by atoms with Crippen LogP contribution < -0.4 is 29.6 Å². The zero-order chi connectivity index (χ0) is 7.49. The molecule has 1 unspecified atom stereocenters. The summed E-state index contributed by atoms with van der Waals surface area (Å²) in [7, 11) is -4.20. The summed E-state index contributed by atoms with van der Waals surface area (Å²) in [5.41, 5.74) is 0. The molecule has 0 aliphatic rings. The molecular weight excluding hydrogens is 219 g/mol. The third-order valence-electron chi connectivity index (χ3n) is 0.709. The van der Waals surface area contributed by atoms with Gasteiger partial charge in [-0.1, -0.05) is 0 Å². The summed E-state index contributed by atoms with van der Waals surface area (Å²) in [6.07, 6.45) is 0.193. The minimum Gasteiger partial charge on any atom is -0.747 e. The summed E-state index contributed by atoms with van der Waals surface area (Å²) in [6.45, 7) is 0. The second-order valence-electron chi connectivity index (χ2n) is 1.46. The second-order valence-corrected chi connectivity index (χ2v) is 4.43. The van der Waals surface area contributed by atoms with E-state index < -0.39 is 14.7 Å². The first kappa shape index (κ1) is 18.4. The van der Waals surface area contributed by atoms with Crippen LogP contribution in [0, 0.1) is 0 Å². The molecule has 0 aromatic rings. The van der Waals surface area contributed by atoms with Crippen LogP contribution in [0.3, 0.4) is 0 Å². The SMILES string of the molecule is O.O=S(=O)([O-])C(S)CCS.[Na+]. The van der Waals surface area contributed by atoms with Gasteiger partial charge in [0.2, 0.25) is 0 Å². The first-order valence-electron chi connectivity index (χ1n) is 2.22. The van der Waals surface area contributed by atoms with Gasteiger partial charge in [-0.25, -0.2) is 8.42 Å². The molecule has 2 N–H and O–H groups in total. The van der Waals surface area contributed by atoms with Crippen molar-refractivity contribution >= 4 is 35.4 Å². The Balaban J connectivity index is -0.000000320. The molecule has 11 heavy (non-hydrogen) atoms. The van der Waals surface area contributed by atoms with Crippen LogP contribution >= 0.6 is 25.3 Å². The van der Waals surface area contributed by atoms with E-state index in [-0.39, 0.29) is 41.5 Å². The molecule has 0 amide bonds. The van der Waals surface area contributed by atoms with Crippen LogP contribution in [0.4, 0.5) is 0 Å². The topological polar surface area (TPSA) is 88.7 Å². The molecule has 0 aromatic carbocycles. The van der Waals surface area contributed by atoms with Crippen LogP contribution in [0.1, 0.15) is 6.42 Å². The Morgan fingerprint density at radius 3 is 1.91 bits per heavy atom. The smallest absolute Gasteiger partial charge is 0.747 e. The van der Waals surface area contributed by atoms with E-state index in [4.69, 9.17) is 0 Å². The van der Waals surface area contributed by atoms with Crippen LogP contribution in [-0.2, 0) is 10.1 Å². The standard InChI is InChI=1S/C3H8O3S3.Na.H2O/c4-9(5,6)3(8)1-2-7;;/h3,7-8H,1-2H2,(H,4,5,6);;1H2/q;+1;/p-1. The molecule has 0 spiro atoms. The molecule has 0 saturated carbocycles. The number of hydrogen-bond acceptors (Lipinski definition) is 5. The minimum absolute atomic E-state index is 0. The van der Waals surface area contributed by atoms with Crippen molar-refractivity contribution in [1.82, 2.24) is 0 Å². The van der Waals surface area contributed by atoms with Crippen LogP contribution in [0.25, 0.3) is 0 Å². The first-order valence-corrected chi connectivity index (χ1v) is 4.84. The Labute approximate surface area is 99.3 Å². The van der Waals surface area contributed by atoms with Crippen LogP contribution in [0.5, 0.6) is 0 Å². The van der Waals surface area contributed by atoms with Gasteiger partial charge in [0, 0.05) is 0 Å². The molecular formula is C3H9NaO4S3. The predicted molar refractivity (Wildman–Crippen MR) is 44.6 cm³/mol. The van der Waals surface area contributed by atoms with Gasteiger partial charge in [0.05, 0.1) is 4.58 Å². The van der Waals surface area contributed by atoms with Gasteiger partial charge < -0.3 is 10.0 Å². The zero-order valence-corrected chi connectivity index (χ0v) is 10.6. The summed E-state index contributed by atoms with van der Waals surface area (Å²) in [5.74, 6) is 0.357. The van der Waals surface area contributed by atoms with Crippen LogP contribution in [0.2, 0.25) is 0 Å². The number of hydrogen-bond donors (Lipinski definition) is 2. The number of rotatable bonds is 3. The third-order valence-corrected chi connectivity index (χ3v) is 2.90. The van der Waals surface area contributed by atoms with Gasteiger partial charge in [0.25, 0.3) is 0 Å². The van der Waals surface area contributed by atoms with E-state index in [1.165, 1.54) is 0 Å². The Morgan fingerprint density at radius 2 is 1.82 bits per heavy atom. The number of thiol groups is 2. The first-order chi connectivity index (χ1) is 3.98. The van der Waals surface area contributed by atoms with Crippen LogP contribution in [-0.4, -0.2) is 28.8 Å². The Morgan fingerprint density at radius 1 is 1.45 bits per heavy atom. The van der Waals surface area contributed by atoms with E-state index in [9.17, 15) is 13.0 Å². The maximum absolute atomic E-state index is 10.1. The fourth-order valence-electron chi connectivity index (χ4n) is 0.255. The van der Waals surface area contributed by atoms with Gasteiger partial charge >= 0.3 is 29.6 Å². The summed E-state index contributed by atoms with van der Waals surface area (Å²) in [4.78, 5) is 0. The van der Waals surface area contributed by atoms with E-state index in [1.807, 2.05) is 0 Å². The average Bonchev–Trinajstić information content (AvgIpc) is 1.64. The van der Waals surface area contributed by atoms with Gasteiger partial charge in [0.15, 0.2) is 0 Å². The molecule has 0 aliphatic heterocycles. The van der Waals surface area contributed by atoms with E-state index in [0.29, 0.717) is 5.75 Å². The average molecular weight is 228 g/mol. The molecule has 0 aliphatic carbocycles. The minimum atomic E-state index is -4.20. The van der Waals surface area contributed by atoms with Crippen molar-refractivity contribution in [2.75, 3.05) is 5.75 Å². The van der Waals surface area contributed by atoms with Gasteiger partial charge in [-0.3, -0.25) is 0 Å². The van der Waals surface area contributed by atoms with E-state index >= 15 is 0 Å². The predicted octanol–water partition coefficient (Wildman–Crippen LogP) is -3.71. The van der Waals surface area contributed by atoms with Crippen LogP contribution in [0.15, 0.2) is 0 Å². The van der Waals surface area contributed by atoms with E-state index in [2.05, 4.69) is 25.3 Å². The monoisotopic (exact) mass is 228 g/mol. The van der Waals surface area contributed by atoms with Crippen molar-refractivity contribution in [2.24, 2.45) is 0 Å². The molecule has 0 aromatic heterocycles. The molecule has 0 fully saturated rings. The summed E-state index contributed by atoms with van der Waals surface area (Å²) >= 11 is 7.28. The molecule has 0 saturated heterocycles. The summed E-state index contributed by atoms with van der Waals surface area (Å²) in [5, 5.41) is 0. The van der Waals surface area contributed by atoms with Crippen molar-refractivity contribution in [3.63, 3.8) is 0 Å². The van der Waals surface area contributed by atoms with Gasteiger partial charge in [-0.05, 0) is 12.2 Å². The fourth-order valence-corrected chi connectivity index (χ4v) is 1.43. The molecule has 0 rings (SSSR count). The summed E-state index contributed by atoms with van der Waals surface area (Å²) in [6, 6.07) is 0. The Bertz CT molecular complexity index is 167. The van der Waals surface area contributed by atoms with Crippen molar-refractivity contribution in [3.8, 4) is 0 Å². The van der Waals surface area contributed by atoms with Gasteiger partial charge in [0.1, 0.15) is 10.1 Å². The molecule has 1 atom stereocenters. The third kappa shape index (κ3) is 9.48. The summed E-state index contributed by atoms with van der Waals surface area (Å²) < 4.78 is 29.1. The Kier molecular flexibility index (Phi) is 13.7. The normalized spacial score (nSPS) is 12.6. The molecule has 0 heterocycles. The largest absolute Gasteiger partial charge is 1.00 e. The van der Waals surface area contributed by atoms with E-state index in [0.717, 1.165) is 0 Å². The second kappa shape index (κ2) is 8.18. The van der Waals surface area contributed by atoms with Crippen molar-refractivity contribution in [3.05, 3.63) is 0 Å². The molecule has 0 radical (unpaired) electrons. The Hall–Kier alpha value is 1.57. The fraction of sp³-hybridized carbons (Fsp3) is 1.00. The molecule has 8 heteroatoms. The van der Waals surface area contributed by atoms with Gasteiger partial charge in [-0.2, -0.15) is 25.3 Å². The van der Waals surface area contributed by atoms with E-state index in [1.54, 1.807) is 0 Å². The molecule has 0 bridgehead atoms. The maximum atomic E-state index is 10.1. The van der Waals surface area contributed by atoms with Crippen molar-refractivity contribution < 1.29 is 48.0 Å². The van der Waals surface area contributed by atoms with Crippen molar-refractivity contribution in [2.45, 2.75) is 11.0 Å². The molecule has 64 valence electrons. The molecule has 4 nitrogen and oxygen atoms in total. The van der Waals surface area contributed by atoms with Gasteiger partial charge in [-0.15, -0.1) is 0 Å². The maximum Gasteiger partial charge on any atom is 1.00 e. The quantitative estimate of drug-likeness (QED) is 0.296. The van der Waals surface area contributed by atoms with Crippen molar-refractivity contribution in [1.29, 1.82) is 0 Å². The zero-order valence-electron chi connectivity index (χ0n) is 6.02.